The largest absolute Gasteiger partial charge is 0.493 e. The van der Waals surface area contributed by atoms with Crippen LogP contribution in [0.25, 0.3) is 0 Å². The molecule has 1 nitrogen and oxygen atoms in total. The summed E-state index contributed by atoms with van der Waals surface area (Å²) in [7, 11) is 0. The van der Waals surface area contributed by atoms with Crippen molar-refractivity contribution in [2.24, 2.45) is 11.8 Å². The number of unbranched alkanes of at least 4 members (excludes halogenated alkanes) is 1. The summed E-state index contributed by atoms with van der Waals surface area (Å²) in [6.07, 6.45) is 18.4. The van der Waals surface area contributed by atoms with E-state index in [1.165, 1.54) is 82.6 Å². The van der Waals surface area contributed by atoms with Crippen molar-refractivity contribution in [3.8, 4) is 5.75 Å². The minimum atomic E-state index is 0.202. The van der Waals surface area contributed by atoms with Crippen LogP contribution < -0.4 is 4.74 Å². The number of allylic oxidation sites excluding steroid dienone is 1. The van der Waals surface area contributed by atoms with Crippen molar-refractivity contribution in [1.29, 1.82) is 0 Å². The minimum Gasteiger partial charge on any atom is -0.493 e. The Morgan fingerprint density at radius 1 is 1.00 bits per heavy atom. The first-order valence-electron chi connectivity index (χ1n) is 11.1. The van der Waals surface area contributed by atoms with Crippen molar-refractivity contribution >= 4 is 0 Å². The Morgan fingerprint density at radius 2 is 1.65 bits per heavy atom. The molecule has 0 aliphatic heterocycles. The summed E-state index contributed by atoms with van der Waals surface area (Å²) in [5.74, 6) is 2.78. The monoisotopic (exact) mass is 354 g/mol. The van der Waals surface area contributed by atoms with Gasteiger partial charge in [-0.1, -0.05) is 76.5 Å². The molecule has 0 bridgehead atoms. The predicted octanol–water partition coefficient (Wildman–Crippen LogP) is 7.45. The second-order valence-corrected chi connectivity index (χ2v) is 8.79. The minimum absolute atomic E-state index is 0.202. The summed E-state index contributed by atoms with van der Waals surface area (Å²) in [6.45, 7) is 7.34. The van der Waals surface area contributed by atoms with Gasteiger partial charge in [-0.25, -0.2) is 0 Å². The first kappa shape index (κ1) is 19.5. The smallest absolute Gasteiger partial charge is 0.119 e. The van der Waals surface area contributed by atoms with Crippen molar-refractivity contribution in [3.63, 3.8) is 0 Å². The van der Waals surface area contributed by atoms with Gasteiger partial charge in [-0.15, -0.1) is 6.58 Å². The van der Waals surface area contributed by atoms with Crippen LogP contribution >= 0.6 is 0 Å². The maximum atomic E-state index is 6.14. The molecule has 0 heterocycles. The number of hydrogen-bond acceptors (Lipinski definition) is 1. The molecule has 0 unspecified atom stereocenters. The Hall–Kier alpha value is -1.24. The molecule has 3 rings (SSSR count). The predicted molar refractivity (Wildman–Crippen MR) is 112 cm³/mol. The molecule has 0 amide bonds. The quantitative estimate of drug-likeness (QED) is 0.440. The van der Waals surface area contributed by atoms with E-state index in [0.717, 1.165) is 24.2 Å². The zero-order chi connectivity index (χ0) is 18.2. The maximum Gasteiger partial charge on any atom is 0.119 e. The van der Waals surface area contributed by atoms with Crippen LogP contribution in [0.3, 0.4) is 0 Å². The zero-order valence-electron chi connectivity index (χ0n) is 16.8. The molecule has 0 aromatic heterocycles. The number of benzene rings is 1. The average Bonchev–Trinajstić information content (AvgIpc) is 2.72. The standard InChI is InChI=1S/C25H38O/c1-3-5-9-21-10-12-22(13-11-21)20-26-24-16-14-23(15-17-24)25(4-2)18-7-6-8-19-25/h4,14-17,21-22H,2-3,5-13,18-20H2,1H3. The van der Waals surface area contributed by atoms with Crippen LogP contribution in [-0.4, -0.2) is 6.61 Å². The molecule has 2 saturated carbocycles. The highest BCUT2D eigenvalue weighted by Gasteiger charge is 2.30. The fourth-order valence-corrected chi connectivity index (χ4v) is 5.07. The van der Waals surface area contributed by atoms with Gasteiger partial charge in [0.25, 0.3) is 0 Å². The van der Waals surface area contributed by atoms with E-state index in [1.54, 1.807) is 0 Å². The van der Waals surface area contributed by atoms with Crippen LogP contribution in [0.1, 0.15) is 89.5 Å². The van der Waals surface area contributed by atoms with Crippen LogP contribution in [0.4, 0.5) is 0 Å². The second-order valence-electron chi connectivity index (χ2n) is 8.79. The number of ether oxygens (including phenoxy) is 1. The van der Waals surface area contributed by atoms with Gasteiger partial charge in [0.05, 0.1) is 6.61 Å². The summed E-state index contributed by atoms with van der Waals surface area (Å²) in [4.78, 5) is 0. The summed E-state index contributed by atoms with van der Waals surface area (Å²) in [5.41, 5.74) is 1.63. The molecule has 2 aliphatic carbocycles. The van der Waals surface area contributed by atoms with Gasteiger partial charge in [0.2, 0.25) is 0 Å². The van der Waals surface area contributed by atoms with Gasteiger partial charge >= 0.3 is 0 Å². The molecular weight excluding hydrogens is 316 g/mol. The van der Waals surface area contributed by atoms with Crippen LogP contribution in [0.15, 0.2) is 36.9 Å². The van der Waals surface area contributed by atoms with Gasteiger partial charge in [-0.3, -0.25) is 0 Å². The Bertz CT molecular complexity index is 530. The Balaban J connectivity index is 1.47. The van der Waals surface area contributed by atoms with E-state index in [9.17, 15) is 0 Å². The molecule has 1 aromatic rings. The van der Waals surface area contributed by atoms with Gasteiger partial charge in [0.1, 0.15) is 5.75 Å². The Kier molecular flexibility index (Phi) is 7.23. The van der Waals surface area contributed by atoms with E-state index < -0.39 is 0 Å². The summed E-state index contributed by atoms with van der Waals surface area (Å²) >= 11 is 0. The summed E-state index contributed by atoms with van der Waals surface area (Å²) < 4.78 is 6.14. The number of hydrogen-bond donors (Lipinski definition) is 0. The lowest BCUT2D eigenvalue weighted by Crippen LogP contribution is -2.26. The van der Waals surface area contributed by atoms with E-state index in [-0.39, 0.29) is 5.41 Å². The molecule has 144 valence electrons. The van der Waals surface area contributed by atoms with E-state index in [0.29, 0.717) is 0 Å². The lowest BCUT2D eigenvalue weighted by molar-refractivity contribution is 0.178. The van der Waals surface area contributed by atoms with Crippen molar-refractivity contribution < 1.29 is 4.74 Å². The number of rotatable bonds is 8. The molecule has 0 saturated heterocycles. The molecule has 2 aliphatic rings. The van der Waals surface area contributed by atoms with Crippen LogP contribution in [0, 0.1) is 11.8 Å². The Labute approximate surface area is 161 Å². The van der Waals surface area contributed by atoms with Crippen LogP contribution in [0.5, 0.6) is 5.75 Å². The third kappa shape index (κ3) is 4.93. The van der Waals surface area contributed by atoms with Crippen molar-refractivity contribution in [2.45, 2.75) is 89.4 Å². The van der Waals surface area contributed by atoms with Crippen molar-refractivity contribution in [2.75, 3.05) is 6.61 Å². The SMILES string of the molecule is C=CC1(c2ccc(OCC3CCC(CCCC)CC3)cc2)CCCCC1. The molecule has 2 fully saturated rings. The highest BCUT2D eigenvalue weighted by molar-refractivity contribution is 5.35. The first-order chi connectivity index (χ1) is 12.8. The van der Waals surface area contributed by atoms with Crippen LogP contribution in [0.2, 0.25) is 0 Å². The van der Waals surface area contributed by atoms with Gasteiger partial charge < -0.3 is 4.74 Å². The van der Waals surface area contributed by atoms with E-state index in [1.807, 2.05) is 0 Å². The van der Waals surface area contributed by atoms with Gasteiger partial charge in [0.15, 0.2) is 0 Å². The van der Waals surface area contributed by atoms with Gasteiger partial charge in [0, 0.05) is 5.41 Å². The molecule has 1 aromatic carbocycles. The highest BCUT2D eigenvalue weighted by Crippen LogP contribution is 2.41. The average molecular weight is 355 g/mol. The topological polar surface area (TPSA) is 9.23 Å². The lowest BCUT2D eigenvalue weighted by atomic mass is 9.69. The van der Waals surface area contributed by atoms with E-state index in [4.69, 9.17) is 4.74 Å². The molecule has 0 atom stereocenters. The zero-order valence-corrected chi connectivity index (χ0v) is 16.8. The molecule has 0 N–H and O–H groups in total. The molecule has 26 heavy (non-hydrogen) atoms. The third-order valence-corrected chi connectivity index (χ3v) is 6.98. The molecule has 0 radical (unpaired) electrons. The molecule has 1 heteroatoms. The van der Waals surface area contributed by atoms with E-state index >= 15 is 0 Å². The molecular formula is C25H38O. The first-order valence-corrected chi connectivity index (χ1v) is 11.1. The van der Waals surface area contributed by atoms with Gasteiger partial charge in [-0.05, 0) is 55.2 Å². The fourth-order valence-electron chi connectivity index (χ4n) is 5.07. The normalized spacial score (nSPS) is 25.6. The third-order valence-electron chi connectivity index (χ3n) is 6.98. The maximum absolute atomic E-state index is 6.14. The van der Waals surface area contributed by atoms with Crippen LogP contribution in [-0.2, 0) is 5.41 Å². The Morgan fingerprint density at radius 3 is 2.27 bits per heavy atom. The second kappa shape index (κ2) is 9.62. The van der Waals surface area contributed by atoms with Crippen molar-refractivity contribution in [3.05, 3.63) is 42.5 Å². The molecule has 0 spiro atoms. The summed E-state index contributed by atoms with van der Waals surface area (Å²) in [5, 5.41) is 0. The fraction of sp³-hybridized carbons (Fsp3) is 0.680. The van der Waals surface area contributed by atoms with Gasteiger partial charge in [-0.2, -0.15) is 0 Å². The lowest BCUT2D eigenvalue weighted by Gasteiger charge is -2.35. The summed E-state index contributed by atoms with van der Waals surface area (Å²) in [6, 6.07) is 8.93. The van der Waals surface area contributed by atoms with Crippen molar-refractivity contribution in [1.82, 2.24) is 0 Å². The van der Waals surface area contributed by atoms with E-state index in [2.05, 4.69) is 43.8 Å². The highest BCUT2D eigenvalue weighted by atomic mass is 16.5.